The number of nitrogens with zero attached hydrogens (tertiary/aromatic N) is 2. The standard InChI is InChI=1S/C28H31BrClN3O4S/c1-31-28(35)26(18-21-8-4-3-5-9-21)32(20-22-13-15-23(29)16-14-22)27(34)12-7-17-33(38(2,36)37)25-11-6-10-24(30)19-25/h3-6,8-11,13-16,19,26H,7,12,17-18,20H2,1-2H3,(H,31,35). The molecule has 0 aromatic heterocycles. The van der Waals surface area contributed by atoms with E-state index >= 15 is 0 Å². The zero-order chi connectivity index (χ0) is 27.7. The molecule has 0 saturated heterocycles. The highest BCUT2D eigenvalue weighted by Gasteiger charge is 2.30. The average Bonchev–Trinajstić information content (AvgIpc) is 2.89. The monoisotopic (exact) mass is 619 g/mol. The van der Waals surface area contributed by atoms with Crippen LogP contribution in [0.2, 0.25) is 5.02 Å². The van der Waals surface area contributed by atoms with Gasteiger partial charge in [-0.2, -0.15) is 0 Å². The van der Waals surface area contributed by atoms with Crippen molar-refractivity contribution in [2.24, 2.45) is 0 Å². The number of carbonyl (C=O) groups is 2. The minimum absolute atomic E-state index is 0.0609. The lowest BCUT2D eigenvalue weighted by molar-refractivity contribution is -0.141. The first-order valence-electron chi connectivity index (χ1n) is 12.1. The maximum absolute atomic E-state index is 13.6. The summed E-state index contributed by atoms with van der Waals surface area (Å²) in [6.07, 6.45) is 1.80. The van der Waals surface area contributed by atoms with Crippen molar-refractivity contribution in [3.05, 3.63) is 99.5 Å². The number of rotatable bonds is 12. The van der Waals surface area contributed by atoms with Gasteiger partial charge < -0.3 is 10.2 Å². The zero-order valence-electron chi connectivity index (χ0n) is 21.3. The van der Waals surface area contributed by atoms with E-state index in [1.165, 1.54) is 4.31 Å². The van der Waals surface area contributed by atoms with E-state index in [0.717, 1.165) is 21.9 Å². The molecule has 10 heteroatoms. The molecular weight excluding hydrogens is 590 g/mol. The van der Waals surface area contributed by atoms with Gasteiger partial charge in [0.1, 0.15) is 6.04 Å². The van der Waals surface area contributed by atoms with Crippen LogP contribution >= 0.6 is 27.5 Å². The van der Waals surface area contributed by atoms with Gasteiger partial charge in [-0.25, -0.2) is 8.42 Å². The third-order valence-corrected chi connectivity index (χ3v) is 7.99. The second kappa shape index (κ2) is 13.8. The molecule has 1 unspecified atom stereocenters. The van der Waals surface area contributed by atoms with E-state index in [1.54, 1.807) is 36.2 Å². The third kappa shape index (κ3) is 8.58. The molecule has 0 aliphatic rings. The lowest BCUT2D eigenvalue weighted by atomic mass is 10.0. The molecule has 0 heterocycles. The fourth-order valence-electron chi connectivity index (χ4n) is 4.14. The molecule has 0 bridgehead atoms. The quantitative estimate of drug-likeness (QED) is 0.308. The van der Waals surface area contributed by atoms with E-state index in [9.17, 15) is 18.0 Å². The van der Waals surface area contributed by atoms with E-state index in [-0.39, 0.29) is 37.7 Å². The van der Waals surface area contributed by atoms with Crippen molar-refractivity contribution in [3.63, 3.8) is 0 Å². The second-order valence-corrected chi connectivity index (χ2v) is 12.1. The van der Waals surface area contributed by atoms with Crippen LogP contribution in [0.5, 0.6) is 0 Å². The summed E-state index contributed by atoms with van der Waals surface area (Å²) in [4.78, 5) is 28.2. The summed E-state index contributed by atoms with van der Waals surface area (Å²) in [5, 5.41) is 3.11. The highest BCUT2D eigenvalue weighted by molar-refractivity contribution is 9.10. The number of carbonyl (C=O) groups excluding carboxylic acids is 2. The first-order chi connectivity index (χ1) is 18.1. The van der Waals surface area contributed by atoms with Gasteiger partial charge in [0.2, 0.25) is 21.8 Å². The summed E-state index contributed by atoms with van der Waals surface area (Å²) in [6, 6.07) is 23.0. The fraction of sp³-hybridized carbons (Fsp3) is 0.286. The molecule has 1 atom stereocenters. The maximum Gasteiger partial charge on any atom is 0.242 e. The van der Waals surface area contributed by atoms with Gasteiger partial charge in [-0.1, -0.05) is 76.1 Å². The molecule has 38 heavy (non-hydrogen) atoms. The minimum Gasteiger partial charge on any atom is -0.357 e. The maximum atomic E-state index is 13.6. The lowest BCUT2D eigenvalue weighted by Crippen LogP contribution is -2.49. The molecule has 3 aromatic rings. The van der Waals surface area contributed by atoms with Crippen LogP contribution in [0.25, 0.3) is 0 Å². The highest BCUT2D eigenvalue weighted by atomic mass is 79.9. The van der Waals surface area contributed by atoms with Crippen LogP contribution in [-0.4, -0.2) is 51.0 Å². The molecule has 0 fully saturated rings. The molecule has 0 saturated carbocycles. The Labute approximate surface area is 238 Å². The van der Waals surface area contributed by atoms with Gasteiger partial charge in [0.25, 0.3) is 0 Å². The first kappa shape index (κ1) is 29.7. The topological polar surface area (TPSA) is 86.8 Å². The summed E-state index contributed by atoms with van der Waals surface area (Å²) in [5.41, 5.74) is 2.24. The van der Waals surface area contributed by atoms with Crippen molar-refractivity contribution in [3.8, 4) is 0 Å². The van der Waals surface area contributed by atoms with Gasteiger partial charge in [-0.3, -0.25) is 13.9 Å². The van der Waals surface area contributed by atoms with Gasteiger partial charge in [0.15, 0.2) is 0 Å². The van der Waals surface area contributed by atoms with Gasteiger partial charge in [0, 0.05) is 42.5 Å². The molecule has 0 aliphatic carbocycles. The minimum atomic E-state index is -3.60. The Bertz CT molecular complexity index is 1340. The molecule has 1 N–H and O–H groups in total. The highest BCUT2D eigenvalue weighted by Crippen LogP contribution is 2.23. The van der Waals surface area contributed by atoms with Crippen LogP contribution in [-0.2, 0) is 32.6 Å². The molecule has 3 rings (SSSR count). The molecular formula is C28H31BrClN3O4S. The van der Waals surface area contributed by atoms with Crippen molar-refractivity contribution in [1.29, 1.82) is 0 Å². The number of sulfonamides is 1. The Morgan fingerprint density at radius 2 is 1.66 bits per heavy atom. The third-order valence-electron chi connectivity index (χ3n) is 6.03. The number of hydrogen-bond acceptors (Lipinski definition) is 4. The van der Waals surface area contributed by atoms with Crippen molar-refractivity contribution in [2.75, 3.05) is 24.2 Å². The van der Waals surface area contributed by atoms with E-state index in [4.69, 9.17) is 11.6 Å². The van der Waals surface area contributed by atoms with Crippen LogP contribution < -0.4 is 9.62 Å². The van der Waals surface area contributed by atoms with Crippen LogP contribution in [0.3, 0.4) is 0 Å². The predicted octanol–water partition coefficient (Wildman–Crippen LogP) is 5.03. The van der Waals surface area contributed by atoms with Gasteiger partial charge >= 0.3 is 0 Å². The van der Waals surface area contributed by atoms with Crippen LogP contribution in [0.15, 0.2) is 83.3 Å². The molecule has 202 valence electrons. The van der Waals surface area contributed by atoms with Gasteiger partial charge in [-0.05, 0) is 47.9 Å². The Balaban J connectivity index is 1.84. The van der Waals surface area contributed by atoms with E-state index in [1.807, 2.05) is 54.6 Å². The largest absolute Gasteiger partial charge is 0.357 e. The molecule has 2 amide bonds. The van der Waals surface area contributed by atoms with Crippen molar-refractivity contribution in [2.45, 2.75) is 31.8 Å². The summed E-state index contributed by atoms with van der Waals surface area (Å²) in [5.74, 6) is -0.506. The first-order valence-corrected chi connectivity index (χ1v) is 15.1. The van der Waals surface area contributed by atoms with Gasteiger partial charge in [-0.15, -0.1) is 0 Å². The smallest absolute Gasteiger partial charge is 0.242 e. The second-order valence-electron chi connectivity index (χ2n) is 8.89. The summed E-state index contributed by atoms with van der Waals surface area (Å²) in [6.45, 7) is 0.335. The molecule has 7 nitrogen and oxygen atoms in total. The van der Waals surface area contributed by atoms with Crippen molar-refractivity contribution in [1.82, 2.24) is 10.2 Å². The number of amides is 2. The van der Waals surface area contributed by atoms with E-state index in [0.29, 0.717) is 17.1 Å². The van der Waals surface area contributed by atoms with Crippen molar-refractivity contribution < 1.29 is 18.0 Å². The normalized spacial score (nSPS) is 12.0. The summed E-state index contributed by atoms with van der Waals surface area (Å²) >= 11 is 9.50. The number of benzene rings is 3. The number of hydrogen-bond donors (Lipinski definition) is 1. The van der Waals surface area contributed by atoms with Crippen LogP contribution in [0, 0.1) is 0 Å². The molecule has 3 aromatic carbocycles. The number of anilines is 1. The lowest BCUT2D eigenvalue weighted by Gasteiger charge is -2.31. The Hall–Kier alpha value is -2.88. The average molecular weight is 621 g/mol. The van der Waals surface area contributed by atoms with E-state index < -0.39 is 16.1 Å². The Morgan fingerprint density at radius 3 is 2.26 bits per heavy atom. The summed E-state index contributed by atoms with van der Waals surface area (Å²) in [7, 11) is -2.05. The molecule has 0 radical (unpaired) electrons. The predicted molar refractivity (Wildman–Crippen MR) is 156 cm³/mol. The van der Waals surface area contributed by atoms with E-state index in [2.05, 4.69) is 21.2 Å². The fourth-order valence-corrected chi connectivity index (χ4v) is 5.55. The number of likely N-dealkylation sites (N-methyl/N-ethyl adjacent to an activating group) is 1. The number of nitrogens with one attached hydrogen (secondary N) is 1. The molecule has 0 spiro atoms. The van der Waals surface area contributed by atoms with Gasteiger partial charge in [0.05, 0.1) is 11.9 Å². The SMILES string of the molecule is CNC(=O)C(Cc1ccccc1)N(Cc1ccc(Br)cc1)C(=O)CCCN(c1cccc(Cl)c1)S(C)(=O)=O. The Kier molecular flexibility index (Phi) is 10.8. The zero-order valence-corrected chi connectivity index (χ0v) is 24.5. The molecule has 0 aliphatic heterocycles. The van der Waals surface area contributed by atoms with Crippen LogP contribution in [0.1, 0.15) is 24.0 Å². The van der Waals surface area contributed by atoms with Crippen molar-refractivity contribution >= 4 is 55.1 Å². The van der Waals surface area contributed by atoms with Crippen LogP contribution in [0.4, 0.5) is 5.69 Å². The number of halogens is 2. The summed E-state index contributed by atoms with van der Waals surface area (Å²) < 4.78 is 27.1. The Morgan fingerprint density at radius 1 is 0.974 bits per heavy atom.